The largest absolute Gasteiger partial charge is 0.459 e. The first-order valence-corrected chi connectivity index (χ1v) is 9.11. The molecule has 0 aliphatic heterocycles. The number of amides is 1. The highest BCUT2D eigenvalue weighted by Crippen LogP contribution is 2.27. The van der Waals surface area contributed by atoms with Crippen LogP contribution in [0.4, 0.5) is 11.5 Å². The van der Waals surface area contributed by atoms with Crippen LogP contribution >= 0.6 is 0 Å². The summed E-state index contributed by atoms with van der Waals surface area (Å²) in [7, 11) is 3.53. The first kappa shape index (κ1) is 18.5. The minimum atomic E-state index is -0.347. The maximum atomic E-state index is 13.1. The number of pyridine rings is 2. The summed E-state index contributed by atoms with van der Waals surface area (Å²) in [4.78, 5) is 29.7. The molecule has 4 rings (SSSR count). The van der Waals surface area contributed by atoms with Gasteiger partial charge in [-0.15, -0.1) is 0 Å². The van der Waals surface area contributed by atoms with Crippen LogP contribution in [0.25, 0.3) is 22.0 Å². The minimum absolute atomic E-state index is 0.122. The quantitative estimate of drug-likeness (QED) is 0.555. The number of fused-ring (bicyclic) bond motifs is 1. The highest BCUT2D eigenvalue weighted by molar-refractivity contribution is 6.02. The molecule has 0 bridgehead atoms. The number of benzene rings is 1. The lowest BCUT2D eigenvalue weighted by Crippen LogP contribution is -2.19. The number of anilines is 2. The zero-order chi connectivity index (χ0) is 20.5. The van der Waals surface area contributed by atoms with Crippen LogP contribution in [0.1, 0.15) is 16.1 Å². The Balaban J connectivity index is 1.80. The van der Waals surface area contributed by atoms with Gasteiger partial charge in [0.25, 0.3) is 11.5 Å². The van der Waals surface area contributed by atoms with E-state index in [1.165, 1.54) is 6.26 Å². The minimum Gasteiger partial charge on any atom is -0.459 e. The molecule has 1 amide bonds. The number of nitrogens with zero attached hydrogens (tertiary/aromatic N) is 2. The van der Waals surface area contributed by atoms with E-state index < -0.39 is 0 Å². The SMILES string of the molecule is CNc1cc2c(cn1)cc(-c1cc(NC(=O)c3ccco3)ccc1C)c(=O)n2C. The second kappa shape index (κ2) is 7.27. The van der Waals surface area contributed by atoms with Gasteiger partial charge in [0.2, 0.25) is 0 Å². The summed E-state index contributed by atoms with van der Waals surface area (Å²) >= 11 is 0. The molecule has 3 aromatic heterocycles. The normalized spacial score (nSPS) is 10.9. The van der Waals surface area contributed by atoms with Crippen LogP contribution in [0.5, 0.6) is 0 Å². The van der Waals surface area contributed by atoms with Crippen LogP contribution in [0.3, 0.4) is 0 Å². The molecule has 0 fully saturated rings. The summed E-state index contributed by atoms with van der Waals surface area (Å²) < 4.78 is 6.74. The Labute approximate surface area is 167 Å². The van der Waals surface area contributed by atoms with E-state index in [1.807, 2.05) is 25.1 Å². The summed E-state index contributed by atoms with van der Waals surface area (Å²) in [6, 6.07) is 12.4. The lowest BCUT2D eigenvalue weighted by atomic mass is 9.99. The van der Waals surface area contributed by atoms with Crippen LogP contribution in [0.15, 0.2) is 64.1 Å². The highest BCUT2D eigenvalue weighted by atomic mass is 16.3. The Morgan fingerprint density at radius 1 is 1.14 bits per heavy atom. The van der Waals surface area contributed by atoms with Gasteiger partial charge in [-0.25, -0.2) is 4.98 Å². The topological polar surface area (TPSA) is 89.2 Å². The Morgan fingerprint density at radius 2 is 1.97 bits per heavy atom. The number of aryl methyl sites for hydroxylation is 2. The van der Waals surface area contributed by atoms with Gasteiger partial charge in [-0.05, 0) is 48.4 Å². The van der Waals surface area contributed by atoms with Crippen molar-refractivity contribution in [2.45, 2.75) is 6.92 Å². The van der Waals surface area contributed by atoms with Gasteiger partial charge in [-0.2, -0.15) is 0 Å². The number of hydrogen-bond donors (Lipinski definition) is 2. The van der Waals surface area contributed by atoms with Crippen LogP contribution in [0.2, 0.25) is 0 Å². The molecule has 0 aliphatic rings. The first-order chi connectivity index (χ1) is 14.0. The molecule has 1 aromatic carbocycles. The van der Waals surface area contributed by atoms with Crippen molar-refractivity contribution in [1.82, 2.24) is 9.55 Å². The highest BCUT2D eigenvalue weighted by Gasteiger charge is 2.14. The van der Waals surface area contributed by atoms with Gasteiger partial charge < -0.3 is 19.6 Å². The predicted molar refractivity (Wildman–Crippen MR) is 113 cm³/mol. The van der Waals surface area contributed by atoms with Gasteiger partial charge in [0.05, 0.1) is 11.8 Å². The zero-order valence-corrected chi connectivity index (χ0v) is 16.3. The van der Waals surface area contributed by atoms with Crippen LogP contribution in [0, 0.1) is 6.92 Å². The van der Waals surface area contributed by atoms with Crippen molar-refractivity contribution in [2.75, 3.05) is 17.7 Å². The van der Waals surface area contributed by atoms with Crippen molar-refractivity contribution >= 4 is 28.3 Å². The van der Waals surface area contributed by atoms with Crippen LogP contribution in [-0.2, 0) is 7.05 Å². The third-order valence-corrected chi connectivity index (χ3v) is 4.89. The molecule has 0 aliphatic carbocycles. The van der Waals surface area contributed by atoms with E-state index in [1.54, 1.807) is 49.1 Å². The van der Waals surface area contributed by atoms with E-state index in [-0.39, 0.29) is 17.2 Å². The number of rotatable bonds is 4. The number of nitrogens with one attached hydrogen (secondary N) is 2. The summed E-state index contributed by atoms with van der Waals surface area (Å²) in [5.74, 6) is 0.569. The molecule has 146 valence electrons. The van der Waals surface area contributed by atoms with Gasteiger partial charge in [0, 0.05) is 43.0 Å². The fraction of sp³-hybridized carbons (Fsp3) is 0.136. The molecule has 0 unspecified atom stereocenters. The summed E-state index contributed by atoms with van der Waals surface area (Å²) in [5.41, 5.74) is 3.48. The number of carbonyl (C=O) groups excluding carboxylic acids is 1. The van der Waals surface area contributed by atoms with Crippen molar-refractivity contribution in [3.8, 4) is 11.1 Å². The van der Waals surface area contributed by atoms with Crippen LogP contribution in [-0.4, -0.2) is 22.5 Å². The fourth-order valence-electron chi connectivity index (χ4n) is 3.28. The molecule has 0 spiro atoms. The molecule has 3 heterocycles. The van der Waals surface area contributed by atoms with Gasteiger partial charge in [0.1, 0.15) is 5.82 Å². The van der Waals surface area contributed by atoms with E-state index >= 15 is 0 Å². The number of hydrogen-bond acceptors (Lipinski definition) is 5. The number of aromatic nitrogens is 2. The first-order valence-electron chi connectivity index (χ1n) is 9.11. The summed E-state index contributed by atoms with van der Waals surface area (Å²) in [6.07, 6.45) is 3.18. The van der Waals surface area contributed by atoms with Gasteiger partial charge in [0.15, 0.2) is 5.76 Å². The van der Waals surface area contributed by atoms with Gasteiger partial charge in [-0.3, -0.25) is 9.59 Å². The van der Waals surface area contributed by atoms with Crippen molar-refractivity contribution in [3.05, 3.63) is 76.6 Å². The smallest absolute Gasteiger partial charge is 0.291 e. The Bertz CT molecular complexity index is 1270. The molecule has 0 radical (unpaired) electrons. The molecule has 2 N–H and O–H groups in total. The average Bonchev–Trinajstić information content (AvgIpc) is 3.27. The van der Waals surface area contributed by atoms with Crippen molar-refractivity contribution in [2.24, 2.45) is 7.05 Å². The molecular formula is C22H20N4O3. The van der Waals surface area contributed by atoms with Gasteiger partial charge >= 0.3 is 0 Å². The third kappa shape index (κ3) is 3.38. The molecular weight excluding hydrogens is 368 g/mol. The Morgan fingerprint density at radius 3 is 2.69 bits per heavy atom. The van der Waals surface area contributed by atoms with E-state index in [9.17, 15) is 9.59 Å². The average molecular weight is 388 g/mol. The molecule has 29 heavy (non-hydrogen) atoms. The maximum absolute atomic E-state index is 13.1. The molecule has 0 atom stereocenters. The molecule has 4 aromatic rings. The second-order valence-corrected chi connectivity index (χ2v) is 6.76. The van der Waals surface area contributed by atoms with Crippen molar-refractivity contribution in [3.63, 3.8) is 0 Å². The van der Waals surface area contributed by atoms with Crippen molar-refractivity contribution < 1.29 is 9.21 Å². The number of carbonyl (C=O) groups is 1. The number of furan rings is 1. The standard InChI is InChI=1S/C22H20N4O3/c1-13-6-7-15(25-21(27)19-5-4-8-29-19)10-16(13)17-9-14-12-24-20(23-2)11-18(14)26(3)22(17)28/h4-12H,1-3H3,(H,23,24)(H,25,27). The second-order valence-electron chi connectivity index (χ2n) is 6.76. The van der Waals surface area contributed by atoms with E-state index in [0.29, 0.717) is 17.1 Å². The third-order valence-electron chi connectivity index (χ3n) is 4.89. The molecule has 0 saturated heterocycles. The maximum Gasteiger partial charge on any atom is 0.291 e. The van der Waals surface area contributed by atoms with Gasteiger partial charge in [-0.1, -0.05) is 6.07 Å². The molecule has 7 nitrogen and oxygen atoms in total. The monoisotopic (exact) mass is 388 g/mol. The molecule has 0 saturated carbocycles. The lowest BCUT2D eigenvalue weighted by molar-refractivity contribution is 0.0996. The zero-order valence-electron chi connectivity index (χ0n) is 16.3. The summed E-state index contributed by atoms with van der Waals surface area (Å²) in [5, 5.41) is 6.64. The van der Waals surface area contributed by atoms with E-state index in [2.05, 4.69) is 15.6 Å². The lowest BCUT2D eigenvalue weighted by Gasteiger charge is -2.13. The Hall–Kier alpha value is -3.87. The van der Waals surface area contributed by atoms with Crippen LogP contribution < -0.4 is 16.2 Å². The fourth-order valence-corrected chi connectivity index (χ4v) is 3.28. The van der Waals surface area contributed by atoms with Crippen molar-refractivity contribution in [1.29, 1.82) is 0 Å². The Kier molecular flexibility index (Phi) is 4.64. The van der Waals surface area contributed by atoms with E-state index in [0.717, 1.165) is 22.0 Å². The predicted octanol–water partition coefficient (Wildman–Crippen LogP) is 3.80. The summed E-state index contributed by atoms with van der Waals surface area (Å²) in [6.45, 7) is 1.93. The molecule has 7 heteroatoms. The van der Waals surface area contributed by atoms with E-state index in [4.69, 9.17) is 4.42 Å².